The molecule has 1 amide bonds. The van der Waals surface area contributed by atoms with Gasteiger partial charge in [-0.2, -0.15) is 4.99 Å². The number of amidine groups is 1. The van der Waals surface area contributed by atoms with Crippen molar-refractivity contribution < 1.29 is 9.53 Å². The third-order valence-electron chi connectivity index (χ3n) is 3.37. The smallest absolute Gasteiger partial charge is 0.286 e. The number of benzene rings is 1. The van der Waals surface area contributed by atoms with Gasteiger partial charge in [0.1, 0.15) is 0 Å². The Balaban J connectivity index is 1.78. The van der Waals surface area contributed by atoms with Crippen LogP contribution in [-0.4, -0.2) is 42.3 Å². The van der Waals surface area contributed by atoms with Gasteiger partial charge in [0, 0.05) is 13.1 Å². The molecule has 1 aromatic carbocycles. The molecule has 0 aliphatic carbocycles. The fourth-order valence-electron chi connectivity index (χ4n) is 2.18. The normalized spacial score (nSPS) is 21.4. The van der Waals surface area contributed by atoms with Crippen molar-refractivity contribution in [1.29, 1.82) is 0 Å². The van der Waals surface area contributed by atoms with Crippen molar-refractivity contribution in [2.24, 2.45) is 4.99 Å². The molecule has 0 saturated carbocycles. The van der Waals surface area contributed by atoms with Gasteiger partial charge in [0.05, 0.1) is 18.1 Å². The molecule has 0 N–H and O–H groups in total. The number of thioether (sulfide) groups is 1. The Morgan fingerprint density at radius 2 is 2.05 bits per heavy atom. The zero-order chi connectivity index (χ0) is 13.9. The molecule has 0 radical (unpaired) electrons. The van der Waals surface area contributed by atoms with E-state index < -0.39 is 0 Å². The Hall–Kier alpha value is -1.59. The molecule has 1 fully saturated rings. The highest BCUT2D eigenvalue weighted by molar-refractivity contribution is 8.18. The van der Waals surface area contributed by atoms with Crippen LogP contribution in [0.1, 0.15) is 11.1 Å². The number of amides is 1. The number of carbonyl (C=O) groups is 1. The highest BCUT2D eigenvalue weighted by atomic mass is 32.2. The summed E-state index contributed by atoms with van der Waals surface area (Å²) in [6.45, 7) is 5.04. The van der Waals surface area contributed by atoms with Crippen molar-refractivity contribution >= 4 is 28.9 Å². The van der Waals surface area contributed by atoms with E-state index in [9.17, 15) is 4.79 Å². The molecule has 0 atom stereocenters. The van der Waals surface area contributed by atoms with Crippen LogP contribution in [0.15, 0.2) is 34.2 Å². The van der Waals surface area contributed by atoms with E-state index >= 15 is 0 Å². The maximum atomic E-state index is 12.0. The predicted octanol–water partition coefficient (Wildman–Crippen LogP) is 2.30. The van der Waals surface area contributed by atoms with E-state index in [4.69, 9.17) is 4.74 Å². The molecule has 0 spiro atoms. The van der Waals surface area contributed by atoms with Gasteiger partial charge in [-0.1, -0.05) is 24.3 Å². The number of hydrogen-bond donors (Lipinski definition) is 0. The Bertz CT molecular complexity index is 589. The van der Waals surface area contributed by atoms with Gasteiger partial charge in [-0.3, -0.25) is 4.79 Å². The number of aryl methyl sites for hydroxylation is 1. The summed E-state index contributed by atoms with van der Waals surface area (Å²) in [5.74, 6) is -0.139. The second-order valence-electron chi connectivity index (χ2n) is 4.77. The molecule has 20 heavy (non-hydrogen) atoms. The van der Waals surface area contributed by atoms with Crippen LogP contribution < -0.4 is 0 Å². The summed E-state index contributed by atoms with van der Waals surface area (Å²) in [6.07, 6.45) is 1.93. The zero-order valence-electron chi connectivity index (χ0n) is 11.3. The van der Waals surface area contributed by atoms with E-state index in [0.717, 1.165) is 29.4 Å². The summed E-state index contributed by atoms with van der Waals surface area (Å²) >= 11 is 1.46. The molecule has 1 aromatic rings. The average molecular weight is 288 g/mol. The lowest BCUT2D eigenvalue weighted by Gasteiger charge is -2.27. The van der Waals surface area contributed by atoms with E-state index in [1.54, 1.807) is 0 Å². The molecule has 5 heteroatoms. The molecule has 104 valence electrons. The van der Waals surface area contributed by atoms with Crippen molar-refractivity contribution in [3.05, 3.63) is 40.3 Å². The lowest BCUT2D eigenvalue weighted by atomic mass is 10.1. The van der Waals surface area contributed by atoms with Crippen LogP contribution in [0.3, 0.4) is 0 Å². The average Bonchev–Trinajstić information content (AvgIpc) is 2.84. The minimum Gasteiger partial charge on any atom is -0.378 e. The SMILES string of the molecule is Cc1ccccc1C=C1SC(N2CCOCC2)=NC1=O. The van der Waals surface area contributed by atoms with Crippen LogP contribution >= 0.6 is 11.8 Å². The van der Waals surface area contributed by atoms with Crippen LogP contribution in [0.4, 0.5) is 0 Å². The Labute approximate surface area is 122 Å². The molecule has 0 aromatic heterocycles. The fraction of sp³-hybridized carbons (Fsp3) is 0.333. The summed E-state index contributed by atoms with van der Waals surface area (Å²) in [7, 11) is 0. The topological polar surface area (TPSA) is 41.9 Å². The standard InChI is InChI=1S/C15H16N2O2S/c1-11-4-2-3-5-12(11)10-13-14(18)16-15(20-13)17-6-8-19-9-7-17/h2-5,10H,6-9H2,1H3. The molecule has 3 rings (SSSR count). The Morgan fingerprint density at radius 1 is 1.30 bits per heavy atom. The first-order valence-corrected chi connectivity index (χ1v) is 7.46. The monoisotopic (exact) mass is 288 g/mol. The van der Waals surface area contributed by atoms with Gasteiger partial charge in [0.15, 0.2) is 5.17 Å². The van der Waals surface area contributed by atoms with Crippen molar-refractivity contribution in [1.82, 2.24) is 4.90 Å². The summed E-state index contributed by atoms with van der Waals surface area (Å²) in [5.41, 5.74) is 2.23. The second kappa shape index (κ2) is 5.81. The molecule has 2 aliphatic rings. The van der Waals surface area contributed by atoms with Crippen molar-refractivity contribution in [2.45, 2.75) is 6.92 Å². The Morgan fingerprint density at radius 3 is 2.80 bits per heavy atom. The van der Waals surface area contributed by atoms with Gasteiger partial charge in [-0.15, -0.1) is 0 Å². The van der Waals surface area contributed by atoms with Gasteiger partial charge < -0.3 is 9.64 Å². The number of aliphatic imine (C=N–C) groups is 1. The number of hydrogen-bond acceptors (Lipinski definition) is 4. The summed E-state index contributed by atoms with van der Waals surface area (Å²) < 4.78 is 5.32. The maximum Gasteiger partial charge on any atom is 0.286 e. The highest BCUT2D eigenvalue weighted by Crippen LogP contribution is 2.30. The molecular weight excluding hydrogens is 272 g/mol. The molecule has 1 saturated heterocycles. The fourth-order valence-corrected chi connectivity index (χ4v) is 3.13. The molecule has 2 aliphatic heterocycles. The minimum absolute atomic E-state index is 0.139. The maximum absolute atomic E-state index is 12.0. The third kappa shape index (κ3) is 2.78. The first-order valence-electron chi connectivity index (χ1n) is 6.65. The molecule has 0 unspecified atom stereocenters. The second-order valence-corrected chi connectivity index (χ2v) is 5.78. The van der Waals surface area contributed by atoms with Crippen LogP contribution in [-0.2, 0) is 9.53 Å². The first kappa shape index (κ1) is 13.4. The van der Waals surface area contributed by atoms with Gasteiger partial charge in [0.2, 0.25) is 0 Å². The van der Waals surface area contributed by atoms with Crippen molar-refractivity contribution in [3.63, 3.8) is 0 Å². The van der Waals surface area contributed by atoms with E-state index in [1.165, 1.54) is 11.8 Å². The third-order valence-corrected chi connectivity index (χ3v) is 4.41. The number of ether oxygens (including phenoxy) is 1. The van der Waals surface area contributed by atoms with Gasteiger partial charge in [0.25, 0.3) is 5.91 Å². The van der Waals surface area contributed by atoms with Crippen LogP contribution in [0.2, 0.25) is 0 Å². The molecular formula is C15H16N2O2S. The Kier molecular flexibility index (Phi) is 3.89. The van der Waals surface area contributed by atoms with Crippen LogP contribution in [0, 0.1) is 6.92 Å². The van der Waals surface area contributed by atoms with E-state index in [-0.39, 0.29) is 5.91 Å². The molecule has 0 bridgehead atoms. The minimum atomic E-state index is -0.139. The number of rotatable bonds is 1. The highest BCUT2D eigenvalue weighted by Gasteiger charge is 2.27. The van der Waals surface area contributed by atoms with Crippen LogP contribution in [0.5, 0.6) is 0 Å². The lowest BCUT2D eigenvalue weighted by molar-refractivity contribution is -0.113. The van der Waals surface area contributed by atoms with Crippen LogP contribution in [0.25, 0.3) is 6.08 Å². The molecule has 2 heterocycles. The summed E-state index contributed by atoms with van der Waals surface area (Å²) in [5, 5.41) is 0.804. The summed E-state index contributed by atoms with van der Waals surface area (Å²) in [4.78, 5) is 19.0. The quantitative estimate of drug-likeness (QED) is 0.744. The number of nitrogens with zero attached hydrogens (tertiary/aromatic N) is 2. The predicted molar refractivity (Wildman–Crippen MR) is 81.6 cm³/mol. The lowest BCUT2D eigenvalue weighted by Crippen LogP contribution is -2.38. The first-order chi connectivity index (χ1) is 9.74. The van der Waals surface area contributed by atoms with Gasteiger partial charge in [-0.25, -0.2) is 0 Å². The van der Waals surface area contributed by atoms with Crippen molar-refractivity contribution in [3.8, 4) is 0 Å². The molecule has 4 nitrogen and oxygen atoms in total. The summed E-state index contributed by atoms with van der Waals surface area (Å²) in [6, 6.07) is 8.03. The number of carbonyl (C=O) groups excluding carboxylic acids is 1. The largest absolute Gasteiger partial charge is 0.378 e. The van der Waals surface area contributed by atoms with Crippen molar-refractivity contribution in [2.75, 3.05) is 26.3 Å². The van der Waals surface area contributed by atoms with Gasteiger partial charge in [-0.05, 0) is 35.9 Å². The van der Waals surface area contributed by atoms with E-state index in [0.29, 0.717) is 18.1 Å². The van der Waals surface area contributed by atoms with E-state index in [1.807, 2.05) is 37.3 Å². The van der Waals surface area contributed by atoms with E-state index in [2.05, 4.69) is 9.89 Å². The zero-order valence-corrected chi connectivity index (χ0v) is 12.2. The van der Waals surface area contributed by atoms with Gasteiger partial charge >= 0.3 is 0 Å². The number of morpholine rings is 1.